The van der Waals surface area contributed by atoms with E-state index in [-0.39, 0.29) is 15.5 Å². The van der Waals surface area contributed by atoms with E-state index in [1.807, 2.05) is 6.92 Å². The van der Waals surface area contributed by atoms with Crippen LogP contribution in [0.3, 0.4) is 0 Å². The molecule has 0 aromatic heterocycles. The molecule has 0 radical (unpaired) electrons. The van der Waals surface area contributed by atoms with E-state index >= 15 is 0 Å². The zero-order chi connectivity index (χ0) is 20.9. The number of anilines is 1. The van der Waals surface area contributed by atoms with E-state index < -0.39 is 20.0 Å². The van der Waals surface area contributed by atoms with Gasteiger partial charge in [0.15, 0.2) is 11.5 Å². The Hall–Kier alpha value is -2.30. The largest absolute Gasteiger partial charge is 0.490 e. The van der Waals surface area contributed by atoms with Gasteiger partial charge in [-0.3, -0.25) is 4.72 Å². The highest BCUT2D eigenvalue weighted by molar-refractivity contribution is 7.92. The van der Waals surface area contributed by atoms with Gasteiger partial charge in [0, 0.05) is 19.0 Å². The van der Waals surface area contributed by atoms with Crippen LogP contribution < -0.4 is 18.9 Å². The number of benzene rings is 2. The molecule has 0 atom stereocenters. The van der Waals surface area contributed by atoms with Crippen molar-refractivity contribution >= 4 is 25.7 Å². The van der Waals surface area contributed by atoms with Gasteiger partial charge in [0.05, 0.1) is 28.7 Å². The van der Waals surface area contributed by atoms with E-state index in [0.717, 1.165) is 12.8 Å². The second-order valence-electron chi connectivity index (χ2n) is 6.54. The van der Waals surface area contributed by atoms with Crippen LogP contribution in [0.5, 0.6) is 11.5 Å². The zero-order valence-electron chi connectivity index (χ0n) is 16.1. The zero-order valence-corrected chi connectivity index (χ0v) is 17.7. The SMILES string of the molecule is CCCCNS(=O)(=O)c1cccc(NS(=O)(=O)c2ccc3c(c2)OCCCO3)c1. The molecule has 10 heteroatoms. The Kier molecular flexibility index (Phi) is 6.66. The Bertz CT molecular complexity index is 1070. The summed E-state index contributed by atoms with van der Waals surface area (Å²) in [5, 5.41) is 0. The Labute approximate surface area is 171 Å². The fourth-order valence-electron chi connectivity index (χ4n) is 2.72. The molecule has 0 amide bonds. The summed E-state index contributed by atoms with van der Waals surface area (Å²) in [6, 6.07) is 10.0. The van der Waals surface area contributed by atoms with Crippen LogP contribution in [0.1, 0.15) is 26.2 Å². The molecule has 0 fully saturated rings. The first-order valence-electron chi connectivity index (χ1n) is 9.34. The highest BCUT2D eigenvalue weighted by Crippen LogP contribution is 2.32. The molecule has 0 saturated heterocycles. The van der Waals surface area contributed by atoms with Crippen molar-refractivity contribution in [3.63, 3.8) is 0 Å². The molecule has 1 aliphatic heterocycles. The van der Waals surface area contributed by atoms with Gasteiger partial charge in [-0.05, 0) is 36.8 Å². The third kappa shape index (κ3) is 5.40. The predicted octanol–water partition coefficient (Wildman–Crippen LogP) is 2.73. The van der Waals surface area contributed by atoms with Gasteiger partial charge in [-0.2, -0.15) is 0 Å². The van der Waals surface area contributed by atoms with Gasteiger partial charge in [-0.15, -0.1) is 0 Å². The molecule has 158 valence electrons. The van der Waals surface area contributed by atoms with Crippen LogP contribution in [-0.2, 0) is 20.0 Å². The van der Waals surface area contributed by atoms with Crippen molar-refractivity contribution in [1.82, 2.24) is 4.72 Å². The van der Waals surface area contributed by atoms with Crippen molar-refractivity contribution in [1.29, 1.82) is 0 Å². The van der Waals surface area contributed by atoms with Gasteiger partial charge in [0.1, 0.15) is 0 Å². The van der Waals surface area contributed by atoms with Crippen LogP contribution in [0.25, 0.3) is 0 Å². The lowest BCUT2D eigenvalue weighted by atomic mass is 10.3. The number of hydrogen-bond acceptors (Lipinski definition) is 6. The molecule has 8 nitrogen and oxygen atoms in total. The molecule has 2 aromatic rings. The average Bonchev–Trinajstić information content (AvgIpc) is 2.93. The van der Waals surface area contributed by atoms with Crippen molar-refractivity contribution in [3.8, 4) is 11.5 Å². The normalized spacial score (nSPS) is 14.2. The van der Waals surface area contributed by atoms with Gasteiger partial charge >= 0.3 is 0 Å². The first kappa shape index (κ1) is 21.4. The third-order valence-corrected chi connectivity index (χ3v) is 7.09. The van der Waals surface area contributed by atoms with Crippen LogP contribution in [0.15, 0.2) is 52.3 Å². The summed E-state index contributed by atoms with van der Waals surface area (Å²) in [6.07, 6.45) is 2.29. The minimum absolute atomic E-state index is 0.00363. The summed E-state index contributed by atoms with van der Waals surface area (Å²) in [6.45, 7) is 3.23. The van der Waals surface area contributed by atoms with Crippen molar-refractivity contribution in [3.05, 3.63) is 42.5 Å². The smallest absolute Gasteiger partial charge is 0.262 e. The molecule has 1 aliphatic rings. The lowest BCUT2D eigenvalue weighted by Crippen LogP contribution is -2.24. The number of sulfonamides is 2. The Morgan fingerprint density at radius 3 is 2.38 bits per heavy atom. The number of nitrogens with one attached hydrogen (secondary N) is 2. The molecule has 0 aliphatic carbocycles. The Balaban J connectivity index is 1.81. The van der Waals surface area contributed by atoms with Crippen LogP contribution in [0, 0.1) is 0 Å². The highest BCUT2D eigenvalue weighted by atomic mass is 32.2. The summed E-state index contributed by atoms with van der Waals surface area (Å²) < 4.78 is 66.3. The predicted molar refractivity (Wildman–Crippen MR) is 109 cm³/mol. The lowest BCUT2D eigenvalue weighted by Gasteiger charge is -2.12. The molecule has 0 unspecified atom stereocenters. The summed E-state index contributed by atoms with van der Waals surface area (Å²) in [7, 11) is -7.66. The van der Waals surface area contributed by atoms with E-state index in [1.54, 1.807) is 6.07 Å². The van der Waals surface area contributed by atoms with E-state index in [2.05, 4.69) is 9.44 Å². The van der Waals surface area contributed by atoms with Gasteiger partial charge in [-0.25, -0.2) is 21.6 Å². The highest BCUT2D eigenvalue weighted by Gasteiger charge is 2.20. The quantitative estimate of drug-likeness (QED) is 0.611. The molecule has 0 spiro atoms. The fourth-order valence-corrected chi connectivity index (χ4v) is 4.90. The number of rotatable bonds is 8. The van der Waals surface area contributed by atoms with Crippen molar-refractivity contribution in [2.75, 3.05) is 24.5 Å². The maximum atomic E-state index is 12.8. The third-order valence-electron chi connectivity index (χ3n) is 4.25. The summed E-state index contributed by atoms with van der Waals surface area (Å²) >= 11 is 0. The molecule has 2 N–H and O–H groups in total. The maximum absolute atomic E-state index is 12.8. The monoisotopic (exact) mass is 440 g/mol. The minimum Gasteiger partial charge on any atom is -0.490 e. The number of fused-ring (bicyclic) bond motifs is 1. The standard InChI is InChI=1S/C19H24N2O6S2/c1-2-3-10-20-28(22,23)16-7-4-6-15(13-16)21-29(24,25)17-8-9-18-19(14-17)27-12-5-11-26-18/h4,6-9,13-14,20-21H,2-3,5,10-12H2,1H3. The van der Waals surface area contributed by atoms with Crippen molar-refractivity contribution < 1.29 is 26.3 Å². The topological polar surface area (TPSA) is 111 Å². The minimum atomic E-state index is -3.94. The van der Waals surface area contributed by atoms with Crippen molar-refractivity contribution in [2.45, 2.75) is 36.0 Å². The van der Waals surface area contributed by atoms with Gasteiger partial charge in [0.25, 0.3) is 10.0 Å². The molecule has 29 heavy (non-hydrogen) atoms. The summed E-state index contributed by atoms with van der Waals surface area (Å²) in [5.41, 5.74) is 0.149. The van der Waals surface area contributed by atoms with Gasteiger partial charge < -0.3 is 9.47 Å². The van der Waals surface area contributed by atoms with E-state index in [0.29, 0.717) is 37.7 Å². The Morgan fingerprint density at radius 1 is 0.897 bits per heavy atom. The first-order valence-corrected chi connectivity index (χ1v) is 12.3. The first-order chi connectivity index (χ1) is 13.8. The average molecular weight is 441 g/mol. The lowest BCUT2D eigenvalue weighted by molar-refractivity contribution is 0.297. The van der Waals surface area contributed by atoms with Crippen LogP contribution in [-0.4, -0.2) is 36.6 Å². The van der Waals surface area contributed by atoms with E-state index in [4.69, 9.17) is 9.47 Å². The second-order valence-corrected chi connectivity index (χ2v) is 9.99. The summed E-state index contributed by atoms with van der Waals surface area (Å²) in [5.74, 6) is 0.856. The van der Waals surface area contributed by atoms with E-state index in [1.165, 1.54) is 36.4 Å². The van der Waals surface area contributed by atoms with Gasteiger partial charge in [-0.1, -0.05) is 19.4 Å². The molecular formula is C19H24N2O6S2. The van der Waals surface area contributed by atoms with Crippen LogP contribution >= 0.6 is 0 Å². The van der Waals surface area contributed by atoms with Crippen LogP contribution in [0.4, 0.5) is 5.69 Å². The molecule has 0 bridgehead atoms. The molecular weight excluding hydrogens is 416 g/mol. The Morgan fingerprint density at radius 2 is 1.62 bits per heavy atom. The second kappa shape index (κ2) is 9.02. The maximum Gasteiger partial charge on any atom is 0.262 e. The number of hydrogen-bond donors (Lipinski definition) is 2. The van der Waals surface area contributed by atoms with E-state index in [9.17, 15) is 16.8 Å². The summed E-state index contributed by atoms with van der Waals surface area (Å²) in [4.78, 5) is -0.0106. The molecule has 3 rings (SSSR count). The van der Waals surface area contributed by atoms with Crippen molar-refractivity contribution in [2.24, 2.45) is 0 Å². The molecule has 2 aromatic carbocycles. The molecule has 1 heterocycles. The fraction of sp³-hybridized carbons (Fsp3) is 0.368. The molecule has 0 saturated carbocycles. The number of ether oxygens (including phenoxy) is 2. The number of unbranched alkanes of at least 4 members (excludes halogenated alkanes) is 1. The van der Waals surface area contributed by atoms with Crippen LogP contribution in [0.2, 0.25) is 0 Å². The van der Waals surface area contributed by atoms with Gasteiger partial charge in [0.2, 0.25) is 10.0 Å².